The molecule has 0 amide bonds. The second-order valence-corrected chi connectivity index (χ2v) is 3.97. The minimum atomic E-state index is -0.271. The van der Waals surface area contributed by atoms with Crippen molar-refractivity contribution in [2.24, 2.45) is 0 Å². The highest BCUT2D eigenvalue weighted by molar-refractivity contribution is 7.17. The van der Waals surface area contributed by atoms with Crippen LogP contribution >= 0.6 is 11.3 Å². The van der Waals surface area contributed by atoms with E-state index < -0.39 is 0 Å². The van der Waals surface area contributed by atoms with E-state index in [1.165, 1.54) is 4.70 Å². The zero-order valence-corrected chi connectivity index (χ0v) is 8.29. The number of hydrogen-bond donors (Lipinski definition) is 0. The number of thiophene rings is 1. The molecule has 0 saturated carbocycles. The van der Waals surface area contributed by atoms with Crippen molar-refractivity contribution in [3.05, 3.63) is 45.3 Å². The number of hydrogen-bond acceptors (Lipinski definition) is 3. The Balaban J connectivity index is 2.29. The van der Waals surface area contributed by atoms with Crippen LogP contribution in [0.2, 0.25) is 0 Å². The van der Waals surface area contributed by atoms with Crippen LogP contribution in [0.4, 0.5) is 0 Å². The summed E-state index contributed by atoms with van der Waals surface area (Å²) in [5.41, 5.74) is 1.09. The van der Waals surface area contributed by atoms with Crippen LogP contribution in [0.15, 0.2) is 29.6 Å². The molecule has 14 heavy (non-hydrogen) atoms. The molecule has 4 heteroatoms. The molecule has 0 fully saturated rings. The number of benzene rings is 1. The molecule has 0 saturated heterocycles. The van der Waals surface area contributed by atoms with E-state index in [1.807, 2.05) is 29.6 Å². The average Bonchev–Trinajstić information content (AvgIpc) is 2.58. The Bertz CT molecular complexity index is 464. The summed E-state index contributed by atoms with van der Waals surface area (Å²) in [7, 11) is 0. The summed E-state index contributed by atoms with van der Waals surface area (Å²) < 4.78 is 1.20. The van der Waals surface area contributed by atoms with Gasteiger partial charge >= 0.3 is 0 Å². The van der Waals surface area contributed by atoms with Crippen molar-refractivity contribution in [3.8, 4) is 0 Å². The number of nitrogens with zero attached hydrogens (tertiary/aromatic N) is 1. The summed E-state index contributed by atoms with van der Waals surface area (Å²) in [4.78, 5) is 9.97. The van der Waals surface area contributed by atoms with Crippen molar-refractivity contribution >= 4 is 21.4 Å². The summed E-state index contributed by atoms with van der Waals surface area (Å²) in [5, 5.41) is 13.4. The van der Waals surface area contributed by atoms with Crippen LogP contribution in [-0.2, 0) is 6.42 Å². The van der Waals surface area contributed by atoms with Crippen molar-refractivity contribution in [2.75, 3.05) is 6.54 Å². The monoisotopic (exact) mass is 207 g/mol. The van der Waals surface area contributed by atoms with Crippen molar-refractivity contribution in [1.82, 2.24) is 0 Å². The van der Waals surface area contributed by atoms with Gasteiger partial charge in [0, 0.05) is 16.0 Å². The van der Waals surface area contributed by atoms with Crippen LogP contribution < -0.4 is 0 Å². The maximum absolute atomic E-state index is 10.2. The molecular weight excluding hydrogens is 198 g/mol. The molecule has 1 heterocycles. The standard InChI is InChI=1S/C10H9NO2S/c12-11(13)6-5-8-7-14-10-4-2-1-3-9(8)10/h1-4,7H,5-6H2. The molecule has 2 rings (SSSR count). The number of rotatable bonds is 3. The third-order valence-electron chi connectivity index (χ3n) is 2.12. The van der Waals surface area contributed by atoms with Gasteiger partial charge in [-0.3, -0.25) is 10.1 Å². The van der Waals surface area contributed by atoms with Crippen LogP contribution in [0, 0.1) is 10.1 Å². The van der Waals surface area contributed by atoms with Crippen molar-refractivity contribution < 1.29 is 4.92 Å². The Hall–Kier alpha value is -1.42. The lowest BCUT2D eigenvalue weighted by Gasteiger charge is -1.94. The summed E-state index contributed by atoms with van der Waals surface area (Å²) in [6.07, 6.45) is 0.525. The molecule has 2 aromatic rings. The first-order chi connectivity index (χ1) is 6.77. The Labute approximate surface area is 85.1 Å². The number of fused-ring (bicyclic) bond motifs is 1. The van der Waals surface area contributed by atoms with Gasteiger partial charge in [0.2, 0.25) is 6.54 Å². The molecule has 0 N–H and O–H groups in total. The maximum atomic E-state index is 10.2. The van der Waals surface area contributed by atoms with Gasteiger partial charge < -0.3 is 0 Å². The van der Waals surface area contributed by atoms with Gasteiger partial charge in [0.1, 0.15) is 0 Å². The SMILES string of the molecule is O=[N+]([O-])CCc1csc2ccccc12. The molecule has 0 radical (unpaired) electrons. The lowest BCUT2D eigenvalue weighted by atomic mass is 10.1. The molecule has 0 aliphatic rings. The Morgan fingerprint density at radius 3 is 2.93 bits per heavy atom. The van der Waals surface area contributed by atoms with E-state index in [1.54, 1.807) is 11.3 Å². The van der Waals surface area contributed by atoms with Crippen LogP contribution in [-0.4, -0.2) is 11.5 Å². The highest BCUT2D eigenvalue weighted by atomic mass is 32.1. The molecule has 0 unspecified atom stereocenters. The molecule has 3 nitrogen and oxygen atoms in total. The van der Waals surface area contributed by atoms with Gasteiger partial charge in [-0.05, 0) is 22.4 Å². The summed E-state index contributed by atoms with van der Waals surface area (Å²) in [5.74, 6) is 0. The summed E-state index contributed by atoms with van der Waals surface area (Å²) >= 11 is 1.64. The van der Waals surface area contributed by atoms with E-state index >= 15 is 0 Å². The molecule has 0 aliphatic heterocycles. The summed E-state index contributed by atoms with van der Waals surface area (Å²) in [6, 6.07) is 8.00. The fourth-order valence-electron chi connectivity index (χ4n) is 1.44. The quantitative estimate of drug-likeness (QED) is 0.573. The predicted molar refractivity (Wildman–Crippen MR) is 57.4 cm³/mol. The molecule has 0 bridgehead atoms. The largest absolute Gasteiger partial charge is 0.265 e. The first-order valence-electron chi connectivity index (χ1n) is 4.34. The highest BCUT2D eigenvalue weighted by Gasteiger charge is 2.05. The maximum Gasteiger partial charge on any atom is 0.207 e. The topological polar surface area (TPSA) is 43.1 Å². The van der Waals surface area contributed by atoms with Gasteiger partial charge in [-0.1, -0.05) is 18.2 Å². The van der Waals surface area contributed by atoms with E-state index in [4.69, 9.17) is 0 Å². The Kier molecular flexibility index (Phi) is 2.45. The predicted octanol–water partition coefficient (Wildman–Crippen LogP) is 2.72. The molecule has 1 aromatic carbocycles. The van der Waals surface area contributed by atoms with E-state index in [0.29, 0.717) is 6.42 Å². The Morgan fingerprint density at radius 1 is 1.36 bits per heavy atom. The molecule has 1 aromatic heterocycles. The van der Waals surface area contributed by atoms with Gasteiger partial charge in [0.15, 0.2) is 0 Å². The van der Waals surface area contributed by atoms with Crippen LogP contribution in [0.1, 0.15) is 5.56 Å². The first-order valence-corrected chi connectivity index (χ1v) is 5.22. The average molecular weight is 207 g/mol. The van der Waals surface area contributed by atoms with Crippen LogP contribution in [0.3, 0.4) is 0 Å². The number of nitro groups is 1. The van der Waals surface area contributed by atoms with Gasteiger partial charge in [0.25, 0.3) is 0 Å². The fraction of sp³-hybridized carbons (Fsp3) is 0.200. The molecule has 0 atom stereocenters. The van der Waals surface area contributed by atoms with Gasteiger partial charge in [-0.2, -0.15) is 0 Å². The highest BCUT2D eigenvalue weighted by Crippen LogP contribution is 2.25. The Morgan fingerprint density at radius 2 is 2.14 bits per heavy atom. The van der Waals surface area contributed by atoms with Crippen molar-refractivity contribution in [1.29, 1.82) is 0 Å². The molecular formula is C10H9NO2S. The molecule has 72 valence electrons. The molecule has 0 spiro atoms. The second kappa shape index (κ2) is 3.75. The zero-order valence-electron chi connectivity index (χ0n) is 7.47. The van der Waals surface area contributed by atoms with E-state index in [9.17, 15) is 10.1 Å². The fourth-order valence-corrected chi connectivity index (χ4v) is 2.44. The van der Waals surface area contributed by atoms with Gasteiger partial charge in [-0.15, -0.1) is 11.3 Å². The van der Waals surface area contributed by atoms with E-state index in [0.717, 1.165) is 10.9 Å². The van der Waals surface area contributed by atoms with E-state index in [-0.39, 0.29) is 11.5 Å². The van der Waals surface area contributed by atoms with Gasteiger partial charge in [0.05, 0.1) is 0 Å². The smallest absolute Gasteiger partial charge is 0.207 e. The minimum absolute atomic E-state index is 0.0146. The lowest BCUT2D eigenvalue weighted by Crippen LogP contribution is -2.03. The third kappa shape index (κ3) is 1.75. The van der Waals surface area contributed by atoms with Crippen molar-refractivity contribution in [3.63, 3.8) is 0 Å². The first kappa shape index (κ1) is 9.15. The minimum Gasteiger partial charge on any atom is -0.265 e. The van der Waals surface area contributed by atoms with Gasteiger partial charge in [-0.25, -0.2) is 0 Å². The third-order valence-corrected chi connectivity index (χ3v) is 3.14. The van der Waals surface area contributed by atoms with Crippen LogP contribution in [0.25, 0.3) is 10.1 Å². The lowest BCUT2D eigenvalue weighted by molar-refractivity contribution is -0.479. The van der Waals surface area contributed by atoms with E-state index in [2.05, 4.69) is 0 Å². The second-order valence-electron chi connectivity index (χ2n) is 3.06. The van der Waals surface area contributed by atoms with Crippen LogP contribution in [0.5, 0.6) is 0 Å². The summed E-state index contributed by atoms with van der Waals surface area (Å²) in [6.45, 7) is 0.0146. The molecule has 0 aliphatic carbocycles. The van der Waals surface area contributed by atoms with Crippen molar-refractivity contribution in [2.45, 2.75) is 6.42 Å². The zero-order chi connectivity index (χ0) is 9.97. The normalized spacial score (nSPS) is 10.6.